The molecule has 1 N–H and O–H groups in total. The Morgan fingerprint density at radius 1 is 1.15 bits per heavy atom. The molecule has 20 heavy (non-hydrogen) atoms. The van der Waals surface area contributed by atoms with Gasteiger partial charge in [0.15, 0.2) is 0 Å². The van der Waals surface area contributed by atoms with E-state index in [0.717, 1.165) is 31.5 Å². The number of hydrogen-bond donors (Lipinski definition) is 1. The summed E-state index contributed by atoms with van der Waals surface area (Å²) in [4.78, 5) is 7.36. The van der Waals surface area contributed by atoms with E-state index in [9.17, 15) is 0 Å². The fourth-order valence-corrected chi connectivity index (χ4v) is 3.24. The molecule has 3 heteroatoms. The van der Waals surface area contributed by atoms with Crippen LogP contribution in [0.3, 0.4) is 0 Å². The van der Waals surface area contributed by atoms with Crippen LogP contribution in [0.5, 0.6) is 0 Å². The predicted octanol–water partition coefficient (Wildman–Crippen LogP) is 4.30. The molecule has 0 amide bonds. The van der Waals surface area contributed by atoms with Gasteiger partial charge in [-0.15, -0.1) is 11.3 Å². The number of aryl methyl sites for hydroxylation is 2. The topological polar surface area (TPSA) is 24.9 Å². The van der Waals surface area contributed by atoms with Crippen molar-refractivity contribution in [3.8, 4) is 0 Å². The number of hydrogen-bond acceptors (Lipinski definition) is 3. The van der Waals surface area contributed by atoms with E-state index in [1.165, 1.54) is 15.3 Å². The van der Waals surface area contributed by atoms with Crippen LogP contribution in [0.25, 0.3) is 0 Å². The van der Waals surface area contributed by atoms with Crippen LogP contribution in [0.15, 0.2) is 30.5 Å². The minimum Gasteiger partial charge on any atom is -0.310 e. The summed E-state index contributed by atoms with van der Waals surface area (Å²) in [5, 5.41) is 3.65. The molecule has 0 aliphatic heterocycles. The Kier molecular flexibility index (Phi) is 5.74. The second-order valence-corrected chi connectivity index (χ2v) is 6.42. The van der Waals surface area contributed by atoms with Crippen LogP contribution < -0.4 is 5.32 Å². The van der Waals surface area contributed by atoms with Crippen LogP contribution in [0, 0.1) is 6.92 Å². The molecule has 0 aliphatic carbocycles. The van der Waals surface area contributed by atoms with Gasteiger partial charge in [0, 0.05) is 34.1 Å². The maximum absolute atomic E-state index is 4.43. The van der Waals surface area contributed by atoms with Crippen LogP contribution in [0.1, 0.15) is 47.3 Å². The van der Waals surface area contributed by atoms with Crippen molar-refractivity contribution < 1.29 is 0 Å². The third-order valence-corrected chi connectivity index (χ3v) is 4.70. The molecule has 0 saturated heterocycles. The smallest absolute Gasteiger partial charge is 0.0384 e. The summed E-state index contributed by atoms with van der Waals surface area (Å²) in [5.74, 6) is 0. The Bertz CT molecular complexity index is 516. The zero-order chi connectivity index (χ0) is 14.4. The lowest BCUT2D eigenvalue weighted by atomic mass is 10.0. The van der Waals surface area contributed by atoms with Crippen LogP contribution in [0.2, 0.25) is 0 Å². The maximum Gasteiger partial charge on any atom is 0.0384 e. The first kappa shape index (κ1) is 15.2. The highest BCUT2D eigenvalue weighted by atomic mass is 32.1. The zero-order valence-electron chi connectivity index (χ0n) is 12.6. The van der Waals surface area contributed by atoms with Gasteiger partial charge in [0.25, 0.3) is 0 Å². The van der Waals surface area contributed by atoms with E-state index in [1.807, 2.05) is 24.5 Å². The second-order valence-electron chi connectivity index (χ2n) is 5.17. The van der Waals surface area contributed by atoms with E-state index < -0.39 is 0 Å². The van der Waals surface area contributed by atoms with Gasteiger partial charge in [0.05, 0.1) is 0 Å². The van der Waals surface area contributed by atoms with Gasteiger partial charge in [0.2, 0.25) is 0 Å². The second kappa shape index (κ2) is 7.55. The summed E-state index contributed by atoms with van der Waals surface area (Å²) >= 11 is 1.93. The largest absolute Gasteiger partial charge is 0.310 e. The number of aromatic nitrogens is 1. The molecule has 2 nitrogen and oxygen atoms in total. The van der Waals surface area contributed by atoms with Crippen molar-refractivity contribution in [2.45, 2.75) is 46.1 Å². The number of nitrogens with zero attached hydrogens (tertiary/aromatic N) is 1. The fourth-order valence-electron chi connectivity index (χ4n) is 2.24. The Labute approximate surface area is 126 Å². The quantitative estimate of drug-likeness (QED) is 0.821. The lowest BCUT2D eigenvalue weighted by molar-refractivity contribution is 0.530. The highest BCUT2D eigenvalue weighted by Crippen LogP contribution is 2.24. The molecule has 1 atom stereocenters. The van der Waals surface area contributed by atoms with E-state index >= 15 is 0 Å². The van der Waals surface area contributed by atoms with Crippen molar-refractivity contribution in [3.05, 3.63) is 51.5 Å². The fraction of sp³-hybridized carbons (Fsp3) is 0.471. The Morgan fingerprint density at radius 3 is 2.55 bits per heavy atom. The summed E-state index contributed by atoms with van der Waals surface area (Å²) in [6, 6.07) is 9.19. The Morgan fingerprint density at radius 2 is 1.95 bits per heavy atom. The molecule has 0 spiro atoms. The van der Waals surface area contributed by atoms with E-state index in [-0.39, 0.29) is 0 Å². The van der Waals surface area contributed by atoms with Crippen LogP contribution in [0.4, 0.5) is 0 Å². The molecule has 0 fully saturated rings. The van der Waals surface area contributed by atoms with E-state index in [2.05, 4.69) is 48.4 Å². The average Bonchev–Trinajstić information content (AvgIpc) is 2.92. The molecule has 0 bridgehead atoms. The number of pyridine rings is 1. The lowest BCUT2D eigenvalue weighted by Gasteiger charge is -2.18. The summed E-state index contributed by atoms with van der Waals surface area (Å²) in [6.07, 6.45) is 5.34. The number of rotatable bonds is 7. The molecule has 0 aromatic carbocycles. The van der Waals surface area contributed by atoms with Crippen molar-refractivity contribution in [3.63, 3.8) is 0 Å². The normalized spacial score (nSPS) is 12.6. The van der Waals surface area contributed by atoms with E-state index in [0.29, 0.717) is 6.04 Å². The van der Waals surface area contributed by atoms with Gasteiger partial charge in [-0.1, -0.05) is 19.9 Å². The first-order chi connectivity index (χ1) is 9.72. The van der Waals surface area contributed by atoms with E-state index in [4.69, 9.17) is 0 Å². The SMILES string of the molecule is CCCNC(Cc1ccc(CC)s1)c1ccc(C)nc1. The summed E-state index contributed by atoms with van der Waals surface area (Å²) in [5.41, 5.74) is 2.36. The molecule has 2 rings (SSSR count). The standard InChI is InChI=1S/C17H24N2S/c1-4-10-18-17(14-7-6-13(3)19-12-14)11-16-9-8-15(5-2)20-16/h6-9,12,17-18H,4-5,10-11H2,1-3H3. The third kappa shape index (κ3) is 4.15. The van der Waals surface area contributed by atoms with Gasteiger partial charge in [0.1, 0.15) is 0 Å². The zero-order valence-corrected chi connectivity index (χ0v) is 13.5. The average molecular weight is 288 g/mol. The lowest BCUT2D eigenvalue weighted by Crippen LogP contribution is -2.24. The van der Waals surface area contributed by atoms with Gasteiger partial charge >= 0.3 is 0 Å². The summed E-state index contributed by atoms with van der Waals surface area (Å²) in [7, 11) is 0. The van der Waals surface area contributed by atoms with Crippen molar-refractivity contribution in [1.29, 1.82) is 0 Å². The van der Waals surface area contributed by atoms with Crippen molar-refractivity contribution in [2.24, 2.45) is 0 Å². The monoisotopic (exact) mass is 288 g/mol. The molecular formula is C17H24N2S. The van der Waals surface area contributed by atoms with Crippen LogP contribution in [-0.4, -0.2) is 11.5 Å². The van der Waals surface area contributed by atoms with Crippen LogP contribution >= 0.6 is 11.3 Å². The minimum atomic E-state index is 0.367. The molecular weight excluding hydrogens is 264 g/mol. The highest BCUT2D eigenvalue weighted by molar-refractivity contribution is 7.11. The maximum atomic E-state index is 4.43. The van der Waals surface area contributed by atoms with Crippen molar-refractivity contribution >= 4 is 11.3 Å². The minimum absolute atomic E-state index is 0.367. The molecule has 2 aromatic rings. The third-order valence-electron chi connectivity index (χ3n) is 3.45. The molecule has 0 aliphatic rings. The highest BCUT2D eigenvalue weighted by Gasteiger charge is 2.13. The molecule has 108 valence electrons. The van der Waals surface area contributed by atoms with Gasteiger partial charge < -0.3 is 5.32 Å². The van der Waals surface area contributed by atoms with Crippen LogP contribution in [-0.2, 0) is 12.8 Å². The Balaban J connectivity index is 2.12. The molecule has 0 radical (unpaired) electrons. The van der Waals surface area contributed by atoms with Crippen molar-refractivity contribution in [1.82, 2.24) is 10.3 Å². The Hall–Kier alpha value is -1.19. The predicted molar refractivity (Wildman–Crippen MR) is 87.4 cm³/mol. The van der Waals surface area contributed by atoms with Crippen molar-refractivity contribution in [2.75, 3.05) is 6.54 Å². The number of nitrogens with one attached hydrogen (secondary N) is 1. The van der Waals surface area contributed by atoms with Gasteiger partial charge in [-0.3, -0.25) is 4.98 Å². The first-order valence-electron chi connectivity index (χ1n) is 7.46. The van der Waals surface area contributed by atoms with E-state index in [1.54, 1.807) is 0 Å². The van der Waals surface area contributed by atoms with Gasteiger partial charge in [-0.05, 0) is 50.1 Å². The summed E-state index contributed by atoms with van der Waals surface area (Å²) in [6.45, 7) is 7.50. The molecule has 0 saturated carbocycles. The summed E-state index contributed by atoms with van der Waals surface area (Å²) < 4.78 is 0. The number of thiophene rings is 1. The molecule has 2 heterocycles. The van der Waals surface area contributed by atoms with Gasteiger partial charge in [-0.2, -0.15) is 0 Å². The first-order valence-corrected chi connectivity index (χ1v) is 8.28. The molecule has 1 unspecified atom stereocenters. The molecule has 2 aromatic heterocycles. The van der Waals surface area contributed by atoms with Gasteiger partial charge in [-0.25, -0.2) is 0 Å².